The summed E-state index contributed by atoms with van der Waals surface area (Å²) in [6.45, 7) is 0. The van der Waals surface area contributed by atoms with Crippen LogP contribution >= 0.6 is 15.9 Å². The van der Waals surface area contributed by atoms with Crippen LogP contribution in [-0.4, -0.2) is 13.1 Å². The third kappa shape index (κ3) is 3.76. The first-order valence-corrected chi connectivity index (χ1v) is 8.57. The lowest BCUT2D eigenvalue weighted by Crippen LogP contribution is -2.02. The fraction of sp³-hybridized carbons (Fsp3) is 0.0476. The number of esters is 1. The quantitative estimate of drug-likeness (QED) is 0.419. The van der Waals surface area contributed by atoms with Crippen molar-refractivity contribution in [3.63, 3.8) is 0 Å². The Morgan fingerprint density at radius 2 is 1.85 bits per heavy atom. The van der Waals surface area contributed by atoms with E-state index in [1.54, 1.807) is 36.4 Å². The zero-order chi connectivity index (χ0) is 18.5. The first-order valence-electron chi connectivity index (χ1n) is 7.77. The molecule has 0 saturated carbocycles. The molecule has 2 aromatic carbocycles. The second-order valence-corrected chi connectivity index (χ2v) is 6.33. The fourth-order valence-electron chi connectivity index (χ4n) is 2.51. The van der Waals surface area contributed by atoms with Crippen molar-refractivity contribution in [2.75, 3.05) is 7.11 Å². The third-order valence-corrected chi connectivity index (χ3v) is 4.32. The van der Waals surface area contributed by atoms with Crippen LogP contribution in [0.4, 0.5) is 0 Å². The van der Waals surface area contributed by atoms with Gasteiger partial charge in [-0.1, -0.05) is 46.3 Å². The summed E-state index contributed by atoms with van der Waals surface area (Å²) in [5.74, 6) is 0.631. The molecule has 1 heterocycles. The number of nitrogens with zero attached hydrogens (tertiary/aromatic N) is 1. The van der Waals surface area contributed by atoms with Gasteiger partial charge in [-0.25, -0.2) is 4.79 Å². The molecule has 0 aliphatic rings. The first-order chi connectivity index (χ1) is 12.6. The summed E-state index contributed by atoms with van der Waals surface area (Å²) in [5.41, 5.74) is 2.35. The number of nitriles is 1. The van der Waals surface area contributed by atoms with Gasteiger partial charge < -0.3 is 9.15 Å². The van der Waals surface area contributed by atoms with Crippen LogP contribution in [0, 0.1) is 11.3 Å². The van der Waals surface area contributed by atoms with Crippen LogP contribution in [-0.2, 0) is 4.74 Å². The van der Waals surface area contributed by atoms with Gasteiger partial charge in [-0.2, -0.15) is 5.26 Å². The Kier molecular flexibility index (Phi) is 5.35. The lowest BCUT2D eigenvalue weighted by atomic mass is 10.1. The van der Waals surface area contributed by atoms with Gasteiger partial charge in [0.2, 0.25) is 0 Å². The second-order valence-electron chi connectivity index (χ2n) is 5.42. The van der Waals surface area contributed by atoms with Gasteiger partial charge in [-0.15, -0.1) is 0 Å². The zero-order valence-electron chi connectivity index (χ0n) is 13.9. The van der Waals surface area contributed by atoms with Crippen molar-refractivity contribution in [1.29, 1.82) is 5.26 Å². The smallest absolute Gasteiger partial charge is 0.338 e. The molecule has 0 spiro atoms. The maximum atomic E-state index is 11.9. The van der Waals surface area contributed by atoms with Crippen LogP contribution in [0.2, 0.25) is 0 Å². The highest BCUT2D eigenvalue weighted by atomic mass is 79.9. The molecule has 1 aromatic heterocycles. The Balaban J connectivity index is 1.97. The van der Waals surface area contributed by atoms with Crippen LogP contribution in [0.25, 0.3) is 23.0 Å². The van der Waals surface area contributed by atoms with Gasteiger partial charge in [0, 0.05) is 10.0 Å². The molecule has 4 nitrogen and oxygen atoms in total. The summed E-state index contributed by atoms with van der Waals surface area (Å²) >= 11 is 3.38. The number of carbonyl (C=O) groups is 1. The molecular weight excluding hydrogens is 394 g/mol. The molecule has 26 heavy (non-hydrogen) atoms. The van der Waals surface area contributed by atoms with Crippen molar-refractivity contribution in [3.05, 3.63) is 82.0 Å². The summed E-state index contributed by atoms with van der Waals surface area (Å²) in [5, 5.41) is 9.45. The monoisotopic (exact) mass is 407 g/mol. The molecule has 5 heteroatoms. The van der Waals surface area contributed by atoms with E-state index in [4.69, 9.17) is 9.15 Å². The zero-order valence-corrected chi connectivity index (χ0v) is 15.5. The predicted molar refractivity (Wildman–Crippen MR) is 103 cm³/mol. The minimum atomic E-state index is -0.429. The molecule has 0 unspecified atom stereocenters. The number of halogens is 1. The number of hydrogen-bond acceptors (Lipinski definition) is 4. The Labute approximate surface area is 159 Å². The maximum Gasteiger partial charge on any atom is 0.338 e. The number of hydrogen-bond donors (Lipinski definition) is 0. The molecule has 0 saturated heterocycles. The molecule has 0 bridgehead atoms. The standard InChI is InChI=1S/C21H14BrNO3/c1-25-21(24)19-5-3-2-4-18(19)20-11-10-17(26-20)12-15(13-23)14-6-8-16(22)9-7-14/h2-12H,1H3/b15-12+. The van der Waals surface area contributed by atoms with E-state index >= 15 is 0 Å². The number of benzene rings is 2. The second kappa shape index (κ2) is 7.85. The topological polar surface area (TPSA) is 63.2 Å². The normalized spacial score (nSPS) is 11.0. The molecule has 0 radical (unpaired) electrons. The molecule has 128 valence electrons. The predicted octanol–water partition coefficient (Wildman–Crippen LogP) is 5.56. The summed E-state index contributed by atoms with van der Waals surface area (Å²) in [7, 11) is 1.34. The van der Waals surface area contributed by atoms with Crippen molar-refractivity contribution in [2.24, 2.45) is 0 Å². The van der Waals surface area contributed by atoms with Crippen LogP contribution in [0.15, 0.2) is 69.6 Å². The van der Waals surface area contributed by atoms with Crippen molar-refractivity contribution in [1.82, 2.24) is 0 Å². The minimum absolute atomic E-state index is 0.424. The third-order valence-electron chi connectivity index (χ3n) is 3.79. The van der Waals surface area contributed by atoms with E-state index in [0.29, 0.717) is 28.2 Å². The van der Waals surface area contributed by atoms with E-state index in [2.05, 4.69) is 22.0 Å². The van der Waals surface area contributed by atoms with E-state index in [0.717, 1.165) is 10.0 Å². The molecule has 3 rings (SSSR count). The average molecular weight is 408 g/mol. The molecule has 3 aromatic rings. The number of methoxy groups -OCH3 is 1. The van der Waals surface area contributed by atoms with Gasteiger partial charge >= 0.3 is 5.97 Å². The molecule has 0 atom stereocenters. The van der Waals surface area contributed by atoms with E-state index in [-0.39, 0.29) is 0 Å². The highest BCUT2D eigenvalue weighted by Gasteiger charge is 2.15. The van der Waals surface area contributed by atoms with Crippen LogP contribution in [0.5, 0.6) is 0 Å². The first kappa shape index (κ1) is 17.7. The number of allylic oxidation sites excluding steroid dienone is 1. The molecule has 0 fully saturated rings. The highest BCUT2D eigenvalue weighted by molar-refractivity contribution is 9.10. The van der Waals surface area contributed by atoms with E-state index < -0.39 is 5.97 Å². The average Bonchev–Trinajstić information content (AvgIpc) is 3.15. The SMILES string of the molecule is COC(=O)c1ccccc1-c1ccc(/C=C(\C#N)c2ccc(Br)cc2)o1. The summed E-state index contributed by atoms with van der Waals surface area (Å²) in [6, 6.07) is 20.2. The van der Waals surface area contributed by atoms with E-state index in [1.807, 2.05) is 30.3 Å². The van der Waals surface area contributed by atoms with Gasteiger partial charge in [-0.05, 0) is 42.0 Å². The Bertz CT molecular complexity index is 1010. The maximum absolute atomic E-state index is 11.9. The number of carbonyl (C=O) groups excluding carboxylic acids is 1. The Morgan fingerprint density at radius 1 is 1.12 bits per heavy atom. The van der Waals surface area contributed by atoms with Gasteiger partial charge in [0.25, 0.3) is 0 Å². The molecule has 0 amide bonds. The largest absolute Gasteiger partial charge is 0.465 e. The highest BCUT2D eigenvalue weighted by Crippen LogP contribution is 2.28. The Morgan fingerprint density at radius 3 is 2.54 bits per heavy atom. The van der Waals surface area contributed by atoms with Gasteiger partial charge in [0.1, 0.15) is 11.5 Å². The van der Waals surface area contributed by atoms with Crippen LogP contribution in [0.3, 0.4) is 0 Å². The summed E-state index contributed by atoms with van der Waals surface area (Å²) < 4.78 is 11.6. The van der Waals surface area contributed by atoms with Gasteiger partial charge in [0.05, 0.1) is 24.3 Å². The van der Waals surface area contributed by atoms with E-state index in [9.17, 15) is 10.1 Å². The Hall–Kier alpha value is -3.10. The molecule has 0 aliphatic heterocycles. The lowest BCUT2D eigenvalue weighted by Gasteiger charge is -2.04. The van der Waals surface area contributed by atoms with Crippen molar-refractivity contribution >= 4 is 33.5 Å². The summed E-state index contributed by atoms with van der Waals surface area (Å²) in [6.07, 6.45) is 1.67. The number of rotatable bonds is 4. The number of ether oxygens (including phenoxy) is 1. The van der Waals surface area contributed by atoms with Gasteiger partial charge in [-0.3, -0.25) is 0 Å². The fourth-order valence-corrected chi connectivity index (χ4v) is 2.78. The van der Waals surface area contributed by atoms with E-state index in [1.165, 1.54) is 7.11 Å². The van der Waals surface area contributed by atoms with Crippen molar-refractivity contribution < 1.29 is 13.9 Å². The van der Waals surface area contributed by atoms with Gasteiger partial charge in [0.15, 0.2) is 0 Å². The van der Waals surface area contributed by atoms with Crippen molar-refractivity contribution in [3.8, 4) is 17.4 Å². The summed E-state index contributed by atoms with van der Waals surface area (Å²) in [4.78, 5) is 11.9. The minimum Gasteiger partial charge on any atom is -0.465 e. The molecule has 0 N–H and O–H groups in total. The number of furan rings is 1. The molecular formula is C21H14BrNO3. The van der Waals surface area contributed by atoms with Crippen LogP contribution < -0.4 is 0 Å². The lowest BCUT2D eigenvalue weighted by molar-refractivity contribution is 0.0601. The molecule has 0 aliphatic carbocycles. The van der Waals surface area contributed by atoms with Crippen molar-refractivity contribution in [2.45, 2.75) is 0 Å². The van der Waals surface area contributed by atoms with Crippen LogP contribution in [0.1, 0.15) is 21.7 Å².